The summed E-state index contributed by atoms with van der Waals surface area (Å²) in [7, 11) is -3.66. The fraction of sp³-hybridized carbons (Fsp3) is 0.500. The van der Waals surface area contributed by atoms with Crippen LogP contribution in [0.5, 0.6) is 0 Å². The number of halogens is 3. The standard InChI is InChI=1S/C8H10Br3NO2S/c1-4-6(10)7(11)5(9)3-8(4,2)15(12,13)14/h3-4H,1-2H3,(H2,12,13,14). The number of nitrogens with two attached hydrogens (primary N) is 1. The van der Waals surface area contributed by atoms with Gasteiger partial charge < -0.3 is 0 Å². The molecule has 0 saturated heterocycles. The van der Waals surface area contributed by atoms with Crippen LogP contribution in [0.1, 0.15) is 13.8 Å². The van der Waals surface area contributed by atoms with Crippen molar-refractivity contribution < 1.29 is 8.42 Å². The lowest BCUT2D eigenvalue weighted by Crippen LogP contribution is -2.46. The predicted molar refractivity (Wildman–Crippen MR) is 72.6 cm³/mol. The Labute approximate surface area is 115 Å². The van der Waals surface area contributed by atoms with Crippen LogP contribution in [0, 0.1) is 5.92 Å². The molecule has 0 heterocycles. The Morgan fingerprint density at radius 3 is 2.27 bits per heavy atom. The Morgan fingerprint density at radius 1 is 1.40 bits per heavy atom. The molecule has 0 bridgehead atoms. The van der Waals surface area contributed by atoms with Gasteiger partial charge in [0.25, 0.3) is 0 Å². The molecule has 0 radical (unpaired) electrons. The monoisotopic (exact) mass is 421 g/mol. The van der Waals surface area contributed by atoms with Crippen molar-refractivity contribution in [3.8, 4) is 0 Å². The largest absolute Gasteiger partial charge is 0.228 e. The summed E-state index contributed by atoms with van der Waals surface area (Å²) in [6.07, 6.45) is 1.61. The average molecular weight is 424 g/mol. The van der Waals surface area contributed by atoms with Crippen molar-refractivity contribution in [2.24, 2.45) is 11.1 Å². The molecular weight excluding hydrogens is 414 g/mol. The molecule has 3 nitrogen and oxygen atoms in total. The van der Waals surface area contributed by atoms with Crippen molar-refractivity contribution in [3.63, 3.8) is 0 Å². The van der Waals surface area contributed by atoms with E-state index in [-0.39, 0.29) is 5.92 Å². The predicted octanol–water partition coefficient (Wildman–Crippen LogP) is 2.96. The Balaban J connectivity index is 3.43. The van der Waals surface area contributed by atoms with Crippen LogP contribution in [0.3, 0.4) is 0 Å². The lowest BCUT2D eigenvalue weighted by atomic mass is 9.91. The van der Waals surface area contributed by atoms with Gasteiger partial charge in [-0.1, -0.05) is 22.9 Å². The first-order chi connectivity index (χ1) is 6.61. The maximum atomic E-state index is 11.6. The first-order valence-corrected chi connectivity index (χ1v) is 8.00. The van der Waals surface area contributed by atoms with Crippen molar-refractivity contribution in [1.29, 1.82) is 0 Å². The van der Waals surface area contributed by atoms with Gasteiger partial charge in [-0.2, -0.15) is 0 Å². The number of hydrogen-bond donors (Lipinski definition) is 1. The van der Waals surface area contributed by atoms with E-state index in [0.29, 0.717) is 4.48 Å². The maximum absolute atomic E-state index is 11.6. The molecule has 2 unspecified atom stereocenters. The minimum atomic E-state index is -3.66. The van der Waals surface area contributed by atoms with E-state index in [1.807, 2.05) is 6.92 Å². The van der Waals surface area contributed by atoms with Crippen molar-refractivity contribution in [1.82, 2.24) is 0 Å². The Bertz CT molecular complexity index is 455. The van der Waals surface area contributed by atoms with Crippen LogP contribution >= 0.6 is 47.8 Å². The van der Waals surface area contributed by atoms with Crippen molar-refractivity contribution >= 4 is 57.8 Å². The van der Waals surface area contributed by atoms with E-state index in [1.165, 1.54) is 0 Å². The van der Waals surface area contributed by atoms with Gasteiger partial charge in [-0.05, 0) is 44.9 Å². The van der Waals surface area contributed by atoms with Gasteiger partial charge in [-0.15, -0.1) is 0 Å². The van der Waals surface area contributed by atoms with E-state index < -0.39 is 14.8 Å². The van der Waals surface area contributed by atoms with Crippen LogP contribution in [0.15, 0.2) is 19.5 Å². The normalized spacial score (nSPS) is 32.9. The van der Waals surface area contributed by atoms with E-state index in [2.05, 4.69) is 47.8 Å². The Kier molecular flexibility index (Phi) is 3.94. The quantitative estimate of drug-likeness (QED) is 0.704. The molecule has 0 aliphatic heterocycles. The highest BCUT2D eigenvalue weighted by molar-refractivity contribution is 9.16. The molecule has 0 aromatic heterocycles. The topological polar surface area (TPSA) is 60.2 Å². The molecule has 2 N–H and O–H groups in total. The zero-order chi connectivity index (χ0) is 12.0. The number of sulfonamides is 1. The van der Waals surface area contributed by atoms with E-state index in [0.717, 1.165) is 8.96 Å². The summed E-state index contributed by atoms with van der Waals surface area (Å²) < 4.78 is 24.3. The van der Waals surface area contributed by atoms with Crippen molar-refractivity contribution in [3.05, 3.63) is 19.5 Å². The summed E-state index contributed by atoms with van der Waals surface area (Å²) in [5.74, 6) is -0.233. The van der Waals surface area contributed by atoms with E-state index in [1.54, 1.807) is 13.0 Å². The lowest BCUT2D eigenvalue weighted by Gasteiger charge is -2.34. The van der Waals surface area contributed by atoms with Crippen LogP contribution in [-0.2, 0) is 10.0 Å². The Morgan fingerprint density at radius 2 is 1.87 bits per heavy atom. The molecule has 2 atom stereocenters. The van der Waals surface area contributed by atoms with Gasteiger partial charge in [0, 0.05) is 19.4 Å². The van der Waals surface area contributed by atoms with Gasteiger partial charge >= 0.3 is 0 Å². The van der Waals surface area contributed by atoms with Crippen LogP contribution < -0.4 is 5.14 Å². The minimum absolute atomic E-state index is 0.233. The lowest BCUT2D eigenvalue weighted by molar-refractivity contribution is 0.511. The van der Waals surface area contributed by atoms with E-state index >= 15 is 0 Å². The van der Waals surface area contributed by atoms with Crippen LogP contribution in [-0.4, -0.2) is 13.2 Å². The molecule has 1 aliphatic rings. The van der Waals surface area contributed by atoms with Gasteiger partial charge in [-0.25, -0.2) is 13.6 Å². The van der Waals surface area contributed by atoms with Crippen LogP contribution in [0.2, 0.25) is 0 Å². The zero-order valence-corrected chi connectivity index (χ0v) is 13.7. The molecule has 15 heavy (non-hydrogen) atoms. The number of primary sulfonamides is 1. The molecule has 0 aromatic rings. The highest BCUT2D eigenvalue weighted by Gasteiger charge is 2.44. The third-order valence-corrected chi connectivity index (χ3v) is 8.01. The van der Waals surface area contributed by atoms with Gasteiger partial charge in [0.15, 0.2) is 0 Å². The maximum Gasteiger partial charge on any atom is 0.218 e. The second kappa shape index (κ2) is 4.25. The van der Waals surface area contributed by atoms with Crippen molar-refractivity contribution in [2.45, 2.75) is 18.6 Å². The van der Waals surface area contributed by atoms with E-state index in [9.17, 15) is 8.42 Å². The SMILES string of the molecule is CC1C(Br)=C(Br)C(Br)=CC1(C)S(N)(=O)=O. The average Bonchev–Trinajstić information content (AvgIpc) is 2.10. The van der Waals surface area contributed by atoms with Crippen molar-refractivity contribution in [2.75, 3.05) is 0 Å². The van der Waals surface area contributed by atoms with Gasteiger partial charge in [0.05, 0.1) is 0 Å². The summed E-state index contributed by atoms with van der Waals surface area (Å²) in [6.45, 7) is 3.42. The minimum Gasteiger partial charge on any atom is -0.228 e. The van der Waals surface area contributed by atoms with Gasteiger partial charge in [0.2, 0.25) is 10.0 Å². The first kappa shape index (κ1) is 13.9. The summed E-state index contributed by atoms with van der Waals surface area (Å²) in [4.78, 5) is 0. The molecule has 1 aliphatic carbocycles. The third-order valence-electron chi connectivity index (χ3n) is 2.69. The van der Waals surface area contributed by atoms with Crippen LogP contribution in [0.25, 0.3) is 0 Å². The van der Waals surface area contributed by atoms with E-state index in [4.69, 9.17) is 5.14 Å². The molecule has 86 valence electrons. The summed E-state index contributed by atoms with van der Waals surface area (Å²) in [6, 6.07) is 0. The molecular formula is C8H10Br3NO2S. The highest BCUT2D eigenvalue weighted by Crippen LogP contribution is 2.46. The fourth-order valence-corrected chi connectivity index (χ4v) is 4.62. The first-order valence-electron chi connectivity index (χ1n) is 4.07. The summed E-state index contributed by atoms with van der Waals surface area (Å²) in [5, 5.41) is 5.25. The van der Waals surface area contributed by atoms with Gasteiger partial charge in [-0.3, -0.25) is 0 Å². The molecule has 0 spiro atoms. The molecule has 0 saturated carbocycles. The molecule has 0 fully saturated rings. The summed E-state index contributed by atoms with van der Waals surface area (Å²) in [5.41, 5.74) is 0. The second-order valence-electron chi connectivity index (χ2n) is 3.60. The smallest absolute Gasteiger partial charge is 0.218 e. The van der Waals surface area contributed by atoms with Crippen LogP contribution in [0.4, 0.5) is 0 Å². The second-order valence-corrected chi connectivity index (χ2v) is 8.08. The summed E-state index contributed by atoms with van der Waals surface area (Å²) >= 11 is 10.0. The highest BCUT2D eigenvalue weighted by atomic mass is 79.9. The molecule has 1 rings (SSSR count). The number of rotatable bonds is 1. The number of allylic oxidation sites excluding steroid dienone is 3. The molecule has 0 amide bonds. The molecule has 0 aromatic carbocycles. The Hall–Kier alpha value is 0.830. The fourth-order valence-electron chi connectivity index (χ4n) is 1.32. The zero-order valence-electron chi connectivity index (χ0n) is 8.09. The third kappa shape index (κ3) is 2.26. The van der Waals surface area contributed by atoms with Gasteiger partial charge in [0.1, 0.15) is 4.75 Å². The molecule has 7 heteroatoms. The number of hydrogen-bond acceptors (Lipinski definition) is 2.